The molecule has 3 aliphatic rings. The van der Waals surface area contributed by atoms with Crippen LogP contribution >= 0.6 is 0 Å². The van der Waals surface area contributed by atoms with Gasteiger partial charge in [-0.05, 0) is 31.9 Å². The Balaban J connectivity index is 1.53. The highest BCUT2D eigenvalue weighted by molar-refractivity contribution is 5.44. The number of anilines is 1. The van der Waals surface area contributed by atoms with Gasteiger partial charge in [0.15, 0.2) is 0 Å². The van der Waals surface area contributed by atoms with E-state index in [-0.39, 0.29) is 5.54 Å². The Kier molecular flexibility index (Phi) is 2.95. The smallest absolute Gasteiger partial charge is 0.128 e. The van der Waals surface area contributed by atoms with Crippen molar-refractivity contribution >= 4 is 5.82 Å². The van der Waals surface area contributed by atoms with Crippen molar-refractivity contribution in [2.75, 3.05) is 31.2 Å². The molecule has 2 bridgehead atoms. The lowest BCUT2D eigenvalue weighted by Gasteiger charge is -2.54. The van der Waals surface area contributed by atoms with Crippen molar-refractivity contribution in [2.24, 2.45) is 0 Å². The largest absolute Gasteiger partial charge is 0.377 e. The molecule has 1 aromatic heterocycles. The van der Waals surface area contributed by atoms with E-state index in [1.165, 1.54) is 12.8 Å². The van der Waals surface area contributed by atoms with Crippen LogP contribution in [0.5, 0.6) is 0 Å². The average molecular weight is 283 g/mol. The Hall–Kier alpha value is -1.57. The summed E-state index contributed by atoms with van der Waals surface area (Å²) in [6, 6.07) is 5.30. The predicted molar refractivity (Wildman–Crippen MR) is 82.3 cm³/mol. The van der Waals surface area contributed by atoms with Gasteiger partial charge in [0.2, 0.25) is 0 Å². The first kappa shape index (κ1) is 13.1. The van der Waals surface area contributed by atoms with Crippen LogP contribution in [0.15, 0.2) is 18.3 Å². The Labute approximate surface area is 126 Å². The molecule has 4 nitrogen and oxygen atoms in total. The molecule has 0 saturated carbocycles. The van der Waals surface area contributed by atoms with E-state index in [2.05, 4.69) is 33.7 Å². The topological polar surface area (TPSA) is 28.6 Å². The summed E-state index contributed by atoms with van der Waals surface area (Å²) < 4.78 is 5.47. The van der Waals surface area contributed by atoms with Crippen LogP contribution < -0.4 is 4.90 Å². The van der Waals surface area contributed by atoms with Crippen LogP contribution in [-0.4, -0.2) is 53.8 Å². The molecule has 0 aromatic carbocycles. The van der Waals surface area contributed by atoms with Gasteiger partial charge in [-0.15, -0.1) is 6.42 Å². The first-order chi connectivity index (χ1) is 10.2. The highest BCUT2D eigenvalue weighted by Crippen LogP contribution is 2.40. The van der Waals surface area contributed by atoms with E-state index in [1.807, 2.05) is 6.07 Å². The molecule has 0 aliphatic carbocycles. The number of piperazine rings is 1. The molecule has 1 aromatic rings. The molecule has 3 aliphatic heterocycles. The molecule has 0 amide bonds. The third-order valence-electron chi connectivity index (χ3n) is 5.17. The molecular formula is C17H21N3O. The summed E-state index contributed by atoms with van der Waals surface area (Å²) in [6.07, 6.45) is 9.78. The lowest BCUT2D eigenvalue weighted by atomic mass is 9.94. The minimum Gasteiger partial charge on any atom is -0.377 e. The monoisotopic (exact) mass is 283 g/mol. The summed E-state index contributed by atoms with van der Waals surface area (Å²) in [6.45, 7) is 6.24. The highest BCUT2D eigenvalue weighted by Gasteiger charge is 2.51. The van der Waals surface area contributed by atoms with Crippen LogP contribution in [0.4, 0.5) is 5.82 Å². The first-order valence-corrected chi connectivity index (χ1v) is 7.73. The van der Waals surface area contributed by atoms with E-state index < -0.39 is 0 Å². The average Bonchev–Trinajstić information content (AvgIpc) is 2.75. The molecule has 4 heterocycles. The van der Waals surface area contributed by atoms with Gasteiger partial charge in [-0.3, -0.25) is 4.90 Å². The van der Waals surface area contributed by atoms with Crippen molar-refractivity contribution in [1.82, 2.24) is 9.88 Å². The van der Waals surface area contributed by atoms with Gasteiger partial charge in [0.1, 0.15) is 5.82 Å². The summed E-state index contributed by atoms with van der Waals surface area (Å²) in [4.78, 5) is 9.68. The van der Waals surface area contributed by atoms with Crippen molar-refractivity contribution in [3.8, 4) is 12.3 Å². The minimum atomic E-state index is 0.263. The molecule has 3 saturated heterocycles. The molecule has 110 valence electrons. The summed E-state index contributed by atoms with van der Waals surface area (Å²) in [5.41, 5.74) is 1.11. The zero-order chi connectivity index (χ0) is 14.4. The van der Waals surface area contributed by atoms with Gasteiger partial charge in [0, 0.05) is 36.9 Å². The van der Waals surface area contributed by atoms with Crippen molar-refractivity contribution < 1.29 is 4.74 Å². The van der Waals surface area contributed by atoms with Crippen LogP contribution in [0.3, 0.4) is 0 Å². The van der Waals surface area contributed by atoms with Crippen LogP contribution in [-0.2, 0) is 4.74 Å². The van der Waals surface area contributed by atoms with E-state index in [4.69, 9.17) is 11.2 Å². The standard InChI is InChI=1S/C17H21N3O/c1-3-13-4-7-16(18-8-13)19-9-14-5-6-15(10-19)20(14)17(2)11-21-12-17/h1,4,7-8,14-15H,5-6,9-12H2,2H3. The Morgan fingerprint density at radius 1 is 1.29 bits per heavy atom. The van der Waals surface area contributed by atoms with Gasteiger partial charge in [-0.1, -0.05) is 5.92 Å². The fourth-order valence-electron chi connectivity index (χ4n) is 4.18. The molecule has 21 heavy (non-hydrogen) atoms. The predicted octanol–water partition coefficient (Wildman–Crippen LogP) is 1.50. The van der Waals surface area contributed by atoms with Crippen LogP contribution in [0.1, 0.15) is 25.3 Å². The number of ether oxygens (including phenoxy) is 1. The Morgan fingerprint density at radius 2 is 2.00 bits per heavy atom. The van der Waals surface area contributed by atoms with Crippen LogP contribution in [0, 0.1) is 12.3 Å². The second-order valence-electron chi connectivity index (χ2n) is 6.74. The highest BCUT2D eigenvalue weighted by atomic mass is 16.5. The molecule has 2 atom stereocenters. The molecule has 4 heteroatoms. The van der Waals surface area contributed by atoms with E-state index in [9.17, 15) is 0 Å². The normalized spacial score (nSPS) is 30.8. The van der Waals surface area contributed by atoms with Gasteiger partial charge in [-0.2, -0.15) is 0 Å². The quantitative estimate of drug-likeness (QED) is 0.769. The van der Waals surface area contributed by atoms with Crippen molar-refractivity contribution in [2.45, 2.75) is 37.4 Å². The zero-order valence-corrected chi connectivity index (χ0v) is 12.5. The molecule has 4 rings (SSSR count). The molecular weight excluding hydrogens is 262 g/mol. The summed E-state index contributed by atoms with van der Waals surface area (Å²) in [5.74, 6) is 3.68. The number of nitrogens with zero attached hydrogens (tertiary/aromatic N) is 3. The molecule has 0 radical (unpaired) electrons. The molecule has 2 unspecified atom stereocenters. The maximum Gasteiger partial charge on any atom is 0.128 e. The number of rotatable bonds is 2. The van der Waals surface area contributed by atoms with E-state index >= 15 is 0 Å². The third-order valence-corrected chi connectivity index (χ3v) is 5.17. The van der Waals surface area contributed by atoms with Crippen molar-refractivity contribution in [1.29, 1.82) is 0 Å². The van der Waals surface area contributed by atoms with E-state index in [0.29, 0.717) is 12.1 Å². The molecule has 0 spiro atoms. The number of hydrogen-bond donors (Lipinski definition) is 0. The summed E-state index contributed by atoms with van der Waals surface area (Å²) in [7, 11) is 0. The first-order valence-electron chi connectivity index (χ1n) is 7.73. The van der Waals surface area contributed by atoms with Gasteiger partial charge in [0.05, 0.1) is 18.8 Å². The number of terminal acetylenes is 1. The van der Waals surface area contributed by atoms with Gasteiger partial charge in [0.25, 0.3) is 0 Å². The maximum atomic E-state index is 5.47. The Bertz CT molecular complexity index is 559. The van der Waals surface area contributed by atoms with Gasteiger partial charge < -0.3 is 9.64 Å². The number of hydrogen-bond acceptors (Lipinski definition) is 4. The number of fused-ring (bicyclic) bond motifs is 2. The SMILES string of the molecule is C#Cc1ccc(N2CC3CCC(C2)N3C2(C)COC2)nc1. The Morgan fingerprint density at radius 3 is 2.48 bits per heavy atom. The molecule has 0 N–H and O–H groups in total. The minimum absolute atomic E-state index is 0.263. The fourth-order valence-corrected chi connectivity index (χ4v) is 4.18. The summed E-state index contributed by atoms with van der Waals surface area (Å²) in [5, 5.41) is 0. The van der Waals surface area contributed by atoms with Crippen molar-refractivity contribution in [3.63, 3.8) is 0 Å². The molecule has 3 fully saturated rings. The number of aromatic nitrogens is 1. The fraction of sp³-hybridized carbons (Fsp3) is 0.588. The summed E-state index contributed by atoms with van der Waals surface area (Å²) >= 11 is 0. The number of pyridine rings is 1. The van der Waals surface area contributed by atoms with Gasteiger partial charge >= 0.3 is 0 Å². The lowest BCUT2D eigenvalue weighted by Crippen LogP contribution is -2.68. The van der Waals surface area contributed by atoms with Gasteiger partial charge in [-0.25, -0.2) is 4.98 Å². The van der Waals surface area contributed by atoms with Crippen LogP contribution in [0.2, 0.25) is 0 Å². The van der Waals surface area contributed by atoms with Crippen LogP contribution in [0.25, 0.3) is 0 Å². The second kappa shape index (κ2) is 4.72. The lowest BCUT2D eigenvalue weighted by molar-refractivity contribution is -0.149. The van der Waals surface area contributed by atoms with Crippen molar-refractivity contribution in [3.05, 3.63) is 23.9 Å². The maximum absolute atomic E-state index is 5.47. The third kappa shape index (κ3) is 2.04. The second-order valence-corrected chi connectivity index (χ2v) is 6.74. The zero-order valence-electron chi connectivity index (χ0n) is 12.5. The van der Waals surface area contributed by atoms with E-state index in [1.54, 1.807) is 6.20 Å². The van der Waals surface area contributed by atoms with E-state index in [0.717, 1.165) is 37.7 Å².